The summed E-state index contributed by atoms with van der Waals surface area (Å²) in [4.78, 5) is 26.6. The van der Waals surface area contributed by atoms with Gasteiger partial charge in [0.05, 0.1) is 11.5 Å². The van der Waals surface area contributed by atoms with Gasteiger partial charge in [-0.25, -0.2) is 0 Å². The standard InChI is InChI=1S/C16H22N2O3/c1-8(2)14-11(3-4-17-14)15(19)18-13-7-9-5-10(16(20)21)6-12(9)13/h3-4,8-10,12-13,17H,5-7H2,1-2H3,(H,18,19)(H,20,21)/t9-,10?,12-,13+/m0/s1. The Kier molecular flexibility index (Phi) is 3.51. The number of carboxylic acids is 1. The molecule has 1 amide bonds. The number of carbonyl (C=O) groups is 2. The van der Waals surface area contributed by atoms with Crippen molar-refractivity contribution in [1.29, 1.82) is 0 Å². The van der Waals surface area contributed by atoms with E-state index in [1.54, 1.807) is 6.20 Å². The molecule has 0 aliphatic heterocycles. The number of aromatic amines is 1. The van der Waals surface area contributed by atoms with Gasteiger partial charge >= 0.3 is 5.97 Å². The third-order valence-electron chi connectivity index (χ3n) is 5.09. The molecule has 2 aliphatic carbocycles. The van der Waals surface area contributed by atoms with Crippen molar-refractivity contribution in [2.24, 2.45) is 17.8 Å². The van der Waals surface area contributed by atoms with Crippen LogP contribution in [0.15, 0.2) is 12.3 Å². The zero-order valence-electron chi connectivity index (χ0n) is 12.4. The molecule has 5 nitrogen and oxygen atoms in total. The number of aromatic nitrogens is 1. The summed E-state index contributed by atoms with van der Waals surface area (Å²) in [5, 5.41) is 12.2. The maximum absolute atomic E-state index is 12.4. The van der Waals surface area contributed by atoms with Crippen LogP contribution in [0, 0.1) is 17.8 Å². The first-order valence-electron chi connectivity index (χ1n) is 7.68. The van der Waals surface area contributed by atoms with Gasteiger partial charge in [-0.3, -0.25) is 9.59 Å². The van der Waals surface area contributed by atoms with E-state index < -0.39 is 5.97 Å². The highest BCUT2D eigenvalue weighted by Gasteiger charge is 2.50. The molecule has 1 unspecified atom stereocenters. The summed E-state index contributed by atoms with van der Waals surface area (Å²) in [7, 11) is 0. The van der Waals surface area contributed by atoms with Crippen LogP contribution in [-0.4, -0.2) is 28.0 Å². The van der Waals surface area contributed by atoms with E-state index in [0.717, 1.165) is 18.5 Å². The Hall–Kier alpha value is -1.78. The third kappa shape index (κ3) is 2.45. The molecule has 1 aromatic heterocycles. The number of rotatable bonds is 4. The Bertz CT molecular complexity index is 564. The number of nitrogens with one attached hydrogen (secondary N) is 2. The van der Waals surface area contributed by atoms with E-state index >= 15 is 0 Å². The molecule has 1 heterocycles. The van der Waals surface area contributed by atoms with Crippen LogP contribution in [0.25, 0.3) is 0 Å². The second-order valence-corrected chi connectivity index (χ2v) is 6.71. The molecule has 5 heteroatoms. The summed E-state index contributed by atoms with van der Waals surface area (Å²) in [6, 6.07) is 1.96. The minimum Gasteiger partial charge on any atom is -0.481 e. The lowest BCUT2D eigenvalue weighted by Gasteiger charge is -2.40. The van der Waals surface area contributed by atoms with E-state index in [1.807, 2.05) is 6.07 Å². The molecule has 0 saturated heterocycles. The van der Waals surface area contributed by atoms with Gasteiger partial charge < -0.3 is 15.4 Å². The summed E-state index contributed by atoms with van der Waals surface area (Å²) in [5.74, 6) is 0.145. The van der Waals surface area contributed by atoms with E-state index in [4.69, 9.17) is 5.11 Å². The van der Waals surface area contributed by atoms with Gasteiger partial charge in [0.1, 0.15) is 0 Å². The largest absolute Gasteiger partial charge is 0.481 e. The number of amides is 1. The molecule has 4 atom stereocenters. The first-order chi connectivity index (χ1) is 9.97. The van der Waals surface area contributed by atoms with Gasteiger partial charge in [0.25, 0.3) is 5.91 Å². The molecule has 3 N–H and O–H groups in total. The predicted molar refractivity (Wildman–Crippen MR) is 78.1 cm³/mol. The lowest BCUT2D eigenvalue weighted by atomic mass is 9.71. The molecule has 0 radical (unpaired) electrons. The van der Waals surface area contributed by atoms with Gasteiger partial charge in [-0.1, -0.05) is 13.8 Å². The minimum absolute atomic E-state index is 0.0397. The fourth-order valence-electron chi connectivity index (χ4n) is 3.90. The molecule has 21 heavy (non-hydrogen) atoms. The molecule has 3 rings (SSSR count). The van der Waals surface area contributed by atoms with Gasteiger partial charge in [-0.05, 0) is 43.1 Å². The Labute approximate surface area is 124 Å². The molecular formula is C16H22N2O3. The van der Waals surface area contributed by atoms with Crippen molar-refractivity contribution < 1.29 is 14.7 Å². The molecule has 0 spiro atoms. The molecular weight excluding hydrogens is 268 g/mol. The van der Waals surface area contributed by atoms with Crippen LogP contribution in [-0.2, 0) is 4.79 Å². The zero-order valence-corrected chi connectivity index (χ0v) is 12.4. The van der Waals surface area contributed by atoms with Gasteiger partial charge in [-0.2, -0.15) is 0 Å². The second-order valence-electron chi connectivity index (χ2n) is 6.71. The van der Waals surface area contributed by atoms with Crippen LogP contribution in [0.1, 0.15) is 55.1 Å². The van der Waals surface area contributed by atoms with Crippen molar-refractivity contribution in [2.75, 3.05) is 0 Å². The van der Waals surface area contributed by atoms with Gasteiger partial charge in [-0.15, -0.1) is 0 Å². The Morgan fingerprint density at radius 1 is 1.33 bits per heavy atom. The van der Waals surface area contributed by atoms with Gasteiger partial charge in [0, 0.05) is 17.9 Å². The van der Waals surface area contributed by atoms with Crippen LogP contribution < -0.4 is 5.32 Å². The summed E-state index contributed by atoms with van der Waals surface area (Å²) < 4.78 is 0. The first-order valence-corrected chi connectivity index (χ1v) is 7.68. The zero-order chi connectivity index (χ0) is 15.1. The number of carbonyl (C=O) groups excluding carboxylic acids is 1. The van der Waals surface area contributed by atoms with Crippen molar-refractivity contribution in [3.63, 3.8) is 0 Å². The number of carboxylic acid groups (broad SMARTS) is 1. The molecule has 2 aliphatic rings. The number of hydrogen-bond acceptors (Lipinski definition) is 2. The van der Waals surface area contributed by atoms with E-state index in [-0.39, 0.29) is 23.8 Å². The highest BCUT2D eigenvalue weighted by Crippen LogP contribution is 2.49. The van der Waals surface area contributed by atoms with Crippen molar-refractivity contribution >= 4 is 11.9 Å². The SMILES string of the molecule is CC(C)c1[nH]ccc1C(=O)N[C@@H]1C[C@@H]2CC(C(=O)O)C[C@@H]21. The predicted octanol–water partition coefficient (Wildman–Crippen LogP) is 2.37. The number of fused-ring (bicyclic) bond motifs is 1. The van der Waals surface area contributed by atoms with Gasteiger partial charge in [0.15, 0.2) is 0 Å². The van der Waals surface area contributed by atoms with Crippen molar-refractivity contribution in [3.8, 4) is 0 Å². The number of aliphatic carboxylic acids is 1. The average Bonchev–Trinajstić information content (AvgIpc) is 3.00. The van der Waals surface area contributed by atoms with E-state index in [9.17, 15) is 9.59 Å². The summed E-state index contributed by atoms with van der Waals surface area (Å²) in [5.41, 5.74) is 1.67. The second kappa shape index (κ2) is 5.20. The fraction of sp³-hybridized carbons (Fsp3) is 0.625. The number of hydrogen-bond donors (Lipinski definition) is 3. The average molecular weight is 290 g/mol. The quantitative estimate of drug-likeness (QED) is 0.796. The molecule has 1 aromatic rings. The molecule has 0 aromatic carbocycles. The lowest BCUT2D eigenvalue weighted by Crippen LogP contribution is -2.50. The normalized spacial score (nSPS) is 30.8. The van der Waals surface area contributed by atoms with Crippen LogP contribution in [0.2, 0.25) is 0 Å². The lowest BCUT2D eigenvalue weighted by molar-refractivity contribution is -0.141. The maximum Gasteiger partial charge on any atom is 0.306 e. The summed E-state index contributed by atoms with van der Waals surface area (Å²) >= 11 is 0. The third-order valence-corrected chi connectivity index (χ3v) is 5.09. The van der Waals surface area contributed by atoms with Gasteiger partial charge in [0.2, 0.25) is 0 Å². The number of H-pyrrole nitrogens is 1. The van der Waals surface area contributed by atoms with E-state index in [2.05, 4.69) is 24.1 Å². The summed E-state index contributed by atoms with van der Waals surface area (Å²) in [6.07, 6.45) is 4.19. The smallest absolute Gasteiger partial charge is 0.306 e. The monoisotopic (exact) mass is 290 g/mol. The van der Waals surface area contributed by atoms with E-state index in [0.29, 0.717) is 23.8 Å². The van der Waals surface area contributed by atoms with Crippen LogP contribution in [0.4, 0.5) is 0 Å². The van der Waals surface area contributed by atoms with E-state index in [1.165, 1.54) is 0 Å². The molecule has 2 saturated carbocycles. The summed E-state index contributed by atoms with van der Waals surface area (Å²) in [6.45, 7) is 4.10. The minimum atomic E-state index is -0.692. The molecule has 0 bridgehead atoms. The highest BCUT2D eigenvalue weighted by atomic mass is 16.4. The van der Waals surface area contributed by atoms with Crippen LogP contribution >= 0.6 is 0 Å². The van der Waals surface area contributed by atoms with Crippen molar-refractivity contribution in [3.05, 3.63) is 23.5 Å². The highest BCUT2D eigenvalue weighted by molar-refractivity contribution is 5.95. The Morgan fingerprint density at radius 2 is 2.10 bits per heavy atom. The fourth-order valence-corrected chi connectivity index (χ4v) is 3.90. The van der Waals surface area contributed by atoms with Crippen LogP contribution in [0.3, 0.4) is 0 Å². The first kappa shape index (κ1) is 14.2. The Balaban J connectivity index is 1.62. The Morgan fingerprint density at radius 3 is 2.76 bits per heavy atom. The van der Waals surface area contributed by atoms with Crippen molar-refractivity contribution in [1.82, 2.24) is 10.3 Å². The molecule has 114 valence electrons. The topological polar surface area (TPSA) is 82.2 Å². The van der Waals surface area contributed by atoms with Crippen molar-refractivity contribution in [2.45, 2.75) is 45.1 Å². The van der Waals surface area contributed by atoms with Crippen LogP contribution in [0.5, 0.6) is 0 Å². The molecule has 2 fully saturated rings. The maximum atomic E-state index is 12.4.